The Bertz CT molecular complexity index is 255. The summed E-state index contributed by atoms with van der Waals surface area (Å²) < 4.78 is 109. The highest BCUT2D eigenvalue weighted by Gasteiger charge is 2.83. The molecular weight excluding hydrogens is 255 g/mol. The Morgan fingerprint density at radius 1 is 0.688 bits per heavy atom. The molecule has 16 heavy (non-hydrogen) atoms. The largest absolute Gasteiger partial charge is 0.438 e. The van der Waals surface area contributed by atoms with E-state index in [2.05, 4.69) is 0 Å². The average Bonchev–Trinajstić information content (AvgIpc) is 1.98. The molecule has 96 valence electrons. The van der Waals surface area contributed by atoms with Crippen LogP contribution in [0.25, 0.3) is 0 Å². The highest BCUT2D eigenvalue weighted by atomic mass is 19.4. The van der Waals surface area contributed by atoms with Crippen LogP contribution in [-0.4, -0.2) is 23.9 Å². The maximum absolute atomic E-state index is 12.7. The van der Waals surface area contributed by atoms with E-state index in [0.717, 1.165) is 6.92 Å². The van der Waals surface area contributed by atoms with Gasteiger partial charge in [0.1, 0.15) is 0 Å². The van der Waals surface area contributed by atoms with Crippen LogP contribution in [0.2, 0.25) is 0 Å². The predicted octanol–water partition coefficient (Wildman–Crippen LogP) is 4.03. The van der Waals surface area contributed by atoms with Crippen molar-refractivity contribution < 1.29 is 39.5 Å². The summed E-state index contributed by atoms with van der Waals surface area (Å²) in [7, 11) is 0. The van der Waals surface area contributed by atoms with Crippen LogP contribution in [0.1, 0.15) is 6.92 Å². The van der Waals surface area contributed by atoms with E-state index in [4.69, 9.17) is 0 Å². The van der Waals surface area contributed by atoms with Gasteiger partial charge in [-0.15, -0.1) is 0 Å². The summed E-state index contributed by atoms with van der Waals surface area (Å²) in [6, 6.07) is 0. The van der Waals surface area contributed by atoms with Crippen LogP contribution in [0.4, 0.5) is 39.5 Å². The first-order chi connectivity index (χ1) is 6.81. The zero-order valence-electron chi connectivity index (χ0n) is 7.56. The fourth-order valence-electron chi connectivity index (χ4n) is 0.863. The minimum Gasteiger partial charge on any atom is -0.216 e. The summed E-state index contributed by atoms with van der Waals surface area (Å²) in [6.07, 6.45) is -14.1. The highest BCUT2D eigenvalue weighted by molar-refractivity contribution is 5.13. The third-order valence-electron chi connectivity index (χ3n) is 1.62. The van der Waals surface area contributed by atoms with Gasteiger partial charge in [0.25, 0.3) is 0 Å². The monoisotopic (exact) mass is 260 g/mol. The van der Waals surface area contributed by atoms with Crippen LogP contribution < -0.4 is 0 Å². The standard InChI is InChI=1S/C7H5F9/c1-2-3-4(8,9)5(10,6(11,12)13)7(14,15)16/h2-3H,1H3/b3-2+. The summed E-state index contributed by atoms with van der Waals surface area (Å²) >= 11 is 0. The second kappa shape index (κ2) is 3.85. The number of hydrogen-bond donors (Lipinski definition) is 0. The summed E-state index contributed by atoms with van der Waals surface area (Å²) in [5.41, 5.74) is -6.60. The van der Waals surface area contributed by atoms with Crippen molar-refractivity contribution in [1.29, 1.82) is 0 Å². The van der Waals surface area contributed by atoms with Crippen LogP contribution in [0.3, 0.4) is 0 Å². The molecule has 0 aliphatic rings. The van der Waals surface area contributed by atoms with Crippen molar-refractivity contribution in [3.8, 4) is 0 Å². The Balaban J connectivity index is 5.80. The van der Waals surface area contributed by atoms with Gasteiger partial charge in [0.05, 0.1) is 0 Å². The lowest BCUT2D eigenvalue weighted by Crippen LogP contribution is -2.63. The van der Waals surface area contributed by atoms with Gasteiger partial charge in [0.15, 0.2) is 0 Å². The lowest BCUT2D eigenvalue weighted by atomic mass is 9.95. The lowest BCUT2D eigenvalue weighted by molar-refractivity contribution is -0.386. The molecule has 0 saturated carbocycles. The minimum absolute atomic E-state index is 0.200. The first kappa shape index (κ1) is 15.1. The molecule has 0 N–H and O–H groups in total. The summed E-state index contributed by atoms with van der Waals surface area (Å²) in [5.74, 6) is -5.72. The molecule has 9 heteroatoms. The molecule has 0 aliphatic carbocycles. The smallest absolute Gasteiger partial charge is 0.216 e. The molecule has 0 heterocycles. The van der Waals surface area contributed by atoms with E-state index in [9.17, 15) is 39.5 Å². The normalized spacial score (nSPS) is 15.9. The Morgan fingerprint density at radius 3 is 1.19 bits per heavy atom. The molecule has 0 spiro atoms. The lowest BCUT2D eigenvalue weighted by Gasteiger charge is -2.34. The average molecular weight is 260 g/mol. The maximum Gasteiger partial charge on any atom is 0.438 e. The van der Waals surface area contributed by atoms with Crippen molar-refractivity contribution in [3.63, 3.8) is 0 Å². The molecule has 0 aliphatic heterocycles. The van der Waals surface area contributed by atoms with Crippen LogP contribution in [0.5, 0.6) is 0 Å². The van der Waals surface area contributed by atoms with Gasteiger partial charge in [-0.1, -0.05) is 6.08 Å². The van der Waals surface area contributed by atoms with E-state index < -0.39 is 30.0 Å². The maximum atomic E-state index is 12.7. The third kappa shape index (κ3) is 2.12. The zero-order valence-corrected chi connectivity index (χ0v) is 7.56. The summed E-state index contributed by atoms with van der Waals surface area (Å²) in [4.78, 5) is 0. The molecule has 0 unspecified atom stereocenters. The molecule has 0 radical (unpaired) electrons. The first-order valence-corrected chi connectivity index (χ1v) is 3.65. The molecular formula is C7H5F9. The SMILES string of the molecule is C/C=C/C(F)(F)C(F)(C(F)(F)F)C(F)(F)F. The molecule has 0 saturated heterocycles. The van der Waals surface area contributed by atoms with E-state index in [1.165, 1.54) is 0 Å². The molecule has 0 amide bonds. The van der Waals surface area contributed by atoms with E-state index in [-0.39, 0.29) is 6.08 Å². The van der Waals surface area contributed by atoms with Crippen LogP contribution >= 0.6 is 0 Å². The van der Waals surface area contributed by atoms with Crippen molar-refractivity contribution >= 4 is 0 Å². The van der Waals surface area contributed by atoms with E-state index in [1.807, 2.05) is 0 Å². The quantitative estimate of drug-likeness (QED) is 0.519. The number of hydrogen-bond acceptors (Lipinski definition) is 0. The van der Waals surface area contributed by atoms with Gasteiger partial charge in [-0.3, -0.25) is 0 Å². The van der Waals surface area contributed by atoms with E-state index >= 15 is 0 Å². The predicted molar refractivity (Wildman–Crippen MR) is 35.7 cm³/mol. The van der Waals surface area contributed by atoms with Gasteiger partial charge >= 0.3 is 23.9 Å². The molecule has 0 aromatic heterocycles. The molecule has 0 nitrogen and oxygen atoms in total. The first-order valence-electron chi connectivity index (χ1n) is 3.65. The van der Waals surface area contributed by atoms with E-state index in [0.29, 0.717) is 0 Å². The third-order valence-corrected chi connectivity index (χ3v) is 1.62. The molecule has 0 atom stereocenters. The minimum atomic E-state index is -6.77. The van der Waals surface area contributed by atoms with Crippen LogP contribution in [0.15, 0.2) is 12.2 Å². The number of halogens is 9. The Labute approximate surface area is 83.7 Å². The van der Waals surface area contributed by atoms with Gasteiger partial charge < -0.3 is 0 Å². The number of allylic oxidation sites excluding steroid dienone is 2. The summed E-state index contributed by atoms with van der Waals surface area (Å²) in [6.45, 7) is 0.737. The van der Waals surface area contributed by atoms with Crippen LogP contribution in [-0.2, 0) is 0 Å². The fourth-order valence-corrected chi connectivity index (χ4v) is 0.863. The Kier molecular flexibility index (Phi) is 3.63. The molecule has 0 aromatic carbocycles. The van der Waals surface area contributed by atoms with Gasteiger partial charge in [0, 0.05) is 0 Å². The van der Waals surface area contributed by atoms with Crippen molar-refractivity contribution in [2.45, 2.75) is 30.9 Å². The molecule has 0 bridgehead atoms. The molecule has 0 aromatic rings. The molecule has 0 rings (SSSR count). The van der Waals surface area contributed by atoms with E-state index in [1.54, 1.807) is 0 Å². The Hall–Kier alpha value is -0.890. The second-order valence-electron chi connectivity index (χ2n) is 2.78. The molecule has 0 fully saturated rings. The summed E-state index contributed by atoms with van der Waals surface area (Å²) in [5, 5.41) is 0. The second-order valence-corrected chi connectivity index (χ2v) is 2.78. The fraction of sp³-hybridized carbons (Fsp3) is 0.714. The van der Waals surface area contributed by atoms with Crippen LogP contribution in [0, 0.1) is 0 Å². The zero-order chi connectivity index (χ0) is 13.4. The van der Waals surface area contributed by atoms with Gasteiger partial charge in [-0.25, -0.2) is 4.39 Å². The van der Waals surface area contributed by atoms with Crippen molar-refractivity contribution in [2.75, 3.05) is 0 Å². The number of alkyl halides is 9. The highest BCUT2D eigenvalue weighted by Crippen LogP contribution is 2.54. The van der Waals surface area contributed by atoms with Crippen molar-refractivity contribution in [3.05, 3.63) is 12.2 Å². The topological polar surface area (TPSA) is 0 Å². The van der Waals surface area contributed by atoms with Gasteiger partial charge in [-0.05, 0) is 13.0 Å². The van der Waals surface area contributed by atoms with Crippen molar-refractivity contribution in [1.82, 2.24) is 0 Å². The van der Waals surface area contributed by atoms with Gasteiger partial charge in [0.2, 0.25) is 0 Å². The Morgan fingerprint density at radius 2 is 1.00 bits per heavy atom. The van der Waals surface area contributed by atoms with Gasteiger partial charge in [-0.2, -0.15) is 35.1 Å². The van der Waals surface area contributed by atoms with Crippen molar-refractivity contribution in [2.24, 2.45) is 0 Å². The number of rotatable bonds is 2.